The predicted octanol–water partition coefficient (Wildman–Crippen LogP) is 1.68. The highest BCUT2D eigenvalue weighted by Crippen LogP contribution is 2.10. The molecule has 0 spiro atoms. The van der Waals surface area contributed by atoms with Gasteiger partial charge in [0, 0.05) is 5.69 Å². The van der Waals surface area contributed by atoms with E-state index in [1.807, 2.05) is 25.5 Å². The van der Waals surface area contributed by atoms with Crippen molar-refractivity contribution < 1.29 is 9.53 Å². The van der Waals surface area contributed by atoms with Crippen molar-refractivity contribution in [1.29, 1.82) is 0 Å². The molecule has 0 aliphatic heterocycles. The van der Waals surface area contributed by atoms with Gasteiger partial charge in [0.05, 0.1) is 12.2 Å². The Morgan fingerprint density at radius 2 is 2.05 bits per heavy atom. The Morgan fingerprint density at radius 1 is 1.42 bits per heavy atom. The summed E-state index contributed by atoms with van der Waals surface area (Å²) in [7, 11) is 0. The van der Waals surface area contributed by atoms with Crippen LogP contribution in [-0.2, 0) is 28.9 Å². The lowest BCUT2D eigenvalue weighted by Crippen LogP contribution is -2.40. The van der Waals surface area contributed by atoms with Gasteiger partial charge in [0.2, 0.25) is 0 Å². The number of nitrogens with zero attached hydrogens (tertiary/aromatic N) is 2. The summed E-state index contributed by atoms with van der Waals surface area (Å²) in [5, 5.41) is 4.45. The topological polar surface area (TPSA) is 70.1 Å². The van der Waals surface area contributed by atoms with Crippen LogP contribution in [0.25, 0.3) is 0 Å². The molecule has 1 heterocycles. The van der Waals surface area contributed by atoms with Gasteiger partial charge in [0.1, 0.15) is 11.6 Å². The van der Waals surface area contributed by atoms with Gasteiger partial charge in [-0.25, -0.2) is 0 Å². The molecule has 0 amide bonds. The lowest BCUT2D eigenvalue weighted by molar-refractivity contribution is -0.156. The minimum Gasteiger partial charge on any atom is -0.459 e. The van der Waals surface area contributed by atoms with E-state index >= 15 is 0 Å². The van der Waals surface area contributed by atoms with Gasteiger partial charge < -0.3 is 10.5 Å². The first-order valence-corrected chi connectivity index (χ1v) is 6.80. The second kappa shape index (κ2) is 6.19. The highest BCUT2D eigenvalue weighted by molar-refractivity contribution is 5.75. The molecule has 0 bridgehead atoms. The summed E-state index contributed by atoms with van der Waals surface area (Å²) in [5.74, 6) is -0.386. The molecule has 1 rings (SSSR count). The Morgan fingerprint density at radius 3 is 2.53 bits per heavy atom. The number of rotatable bonds is 5. The fraction of sp³-hybridized carbons (Fsp3) is 0.714. The lowest BCUT2D eigenvalue weighted by Gasteiger charge is -2.22. The van der Waals surface area contributed by atoms with Crippen molar-refractivity contribution in [3.8, 4) is 0 Å². The van der Waals surface area contributed by atoms with Gasteiger partial charge in [-0.3, -0.25) is 9.48 Å². The van der Waals surface area contributed by atoms with Gasteiger partial charge in [-0.1, -0.05) is 13.8 Å². The van der Waals surface area contributed by atoms with Crippen LogP contribution in [0.1, 0.15) is 46.0 Å². The van der Waals surface area contributed by atoms with Crippen molar-refractivity contribution in [2.45, 2.75) is 65.6 Å². The zero-order valence-corrected chi connectivity index (χ0v) is 12.6. The molecule has 1 atom stereocenters. The van der Waals surface area contributed by atoms with E-state index in [2.05, 4.69) is 25.0 Å². The van der Waals surface area contributed by atoms with E-state index in [0.29, 0.717) is 6.54 Å². The fourth-order valence-electron chi connectivity index (χ4n) is 1.77. The standard InChI is InChI=1S/C14H25N3O2/c1-6-10-8-11(7-2)17(16-10)9-12(15)13(18)19-14(3,4)5/h8,12H,6-7,9,15H2,1-5H3. The monoisotopic (exact) mass is 267 g/mol. The number of ether oxygens (including phenoxy) is 1. The third-order valence-corrected chi connectivity index (χ3v) is 2.72. The first kappa shape index (κ1) is 15.7. The van der Waals surface area contributed by atoms with Crippen molar-refractivity contribution in [3.63, 3.8) is 0 Å². The number of carbonyl (C=O) groups is 1. The molecule has 0 aliphatic carbocycles. The van der Waals surface area contributed by atoms with Crippen LogP contribution in [0.5, 0.6) is 0 Å². The smallest absolute Gasteiger partial charge is 0.325 e. The number of carbonyl (C=O) groups excluding carboxylic acids is 1. The van der Waals surface area contributed by atoms with E-state index in [0.717, 1.165) is 24.2 Å². The van der Waals surface area contributed by atoms with Crippen molar-refractivity contribution in [2.75, 3.05) is 0 Å². The Kier molecular flexibility index (Phi) is 5.11. The van der Waals surface area contributed by atoms with Gasteiger partial charge in [-0.15, -0.1) is 0 Å². The molecule has 5 heteroatoms. The molecule has 108 valence electrons. The quantitative estimate of drug-likeness (QED) is 0.824. The van der Waals surface area contributed by atoms with Crippen LogP contribution >= 0.6 is 0 Å². The number of hydrogen-bond donors (Lipinski definition) is 1. The maximum atomic E-state index is 11.9. The van der Waals surface area contributed by atoms with Gasteiger partial charge in [-0.2, -0.15) is 5.10 Å². The van der Waals surface area contributed by atoms with E-state index in [1.165, 1.54) is 0 Å². The molecule has 1 unspecified atom stereocenters. The Hall–Kier alpha value is -1.36. The highest BCUT2D eigenvalue weighted by atomic mass is 16.6. The highest BCUT2D eigenvalue weighted by Gasteiger charge is 2.23. The van der Waals surface area contributed by atoms with Crippen LogP contribution in [0, 0.1) is 0 Å². The number of esters is 1. The Labute approximate surface area is 115 Å². The van der Waals surface area contributed by atoms with Gasteiger partial charge >= 0.3 is 5.97 Å². The summed E-state index contributed by atoms with van der Waals surface area (Å²) in [6.07, 6.45) is 1.75. The summed E-state index contributed by atoms with van der Waals surface area (Å²) in [6, 6.07) is 1.37. The van der Waals surface area contributed by atoms with Crippen molar-refractivity contribution >= 4 is 5.97 Å². The van der Waals surface area contributed by atoms with Crippen LogP contribution in [0.2, 0.25) is 0 Å². The van der Waals surface area contributed by atoms with Gasteiger partial charge in [-0.05, 0) is 39.7 Å². The summed E-state index contributed by atoms with van der Waals surface area (Å²) < 4.78 is 7.09. The van der Waals surface area contributed by atoms with Crippen LogP contribution in [0.4, 0.5) is 0 Å². The molecule has 0 saturated carbocycles. The van der Waals surface area contributed by atoms with Crippen LogP contribution in [0.3, 0.4) is 0 Å². The zero-order valence-electron chi connectivity index (χ0n) is 12.6. The molecular formula is C14H25N3O2. The van der Waals surface area contributed by atoms with Crippen LogP contribution in [-0.4, -0.2) is 27.4 Å². The average molecular weight is 267 g/mol. The first-order chi connectivity index (χ1) is 8.76. The molecule has 0 radical (unpaired) electrons. The maximum absolute atomic E-state index is 11.9. The number of aromatic nitrogens is 2. The third kappa shape index (κ3) is 4.67. The van der Waals surface area contributed by atoms with Crippen molar-refractivity contribution in [2.24, 2.45) is 5.73 Å². The summed E-state index contributed by atoms with van der Waals surface area (Å²) in [6.45, 7) is 9.97. The SMILES string of the molecule is CCc1cc(CC)n(CC(N)C(=O)OC(C)(C)C)n1. The fourth-order valence-corrected chi connectivity index (χ4v) is 1.77. The largest absolute Gasteiger partial charge is 0.459 e. The average Bonchev–Trinajstić information content (AvgIpc) is 2.69. The molecular weight excluding hydrogens is 242 g/mol. The first-order valence-electron chi connectivity index (χ1n) is 6.80. The summed E-state index contributed by atoms with van der Waals surface area (Å²) in [4.78, 5) is 11.9. The summed E-state index contributed by atoms with van der Waals surface area (Å²) >= 11 is 0. The predicted molar refractivity (Wildman–Crippen MR) is 74.8 cm³/mol. The van der Waals surface area contributed by atoms with E-state index in [1.54, 1.807) is 0 Å². The number of nitrogens with two attached hydrogens (primary N) is 1. The molecule has 1 aromatic rings. The summed E-state index contributed by atoms with van der Waals surface area (Å²) in [5.41, 5.74) is 7.50. The van der Waals surface area contributed by atoms with E-state index < -0.39 is 11.6 Å². The van der Waals surface area contributed by atoms with E-state index in [4.69, 9.17) is 10.5 Å². The molecule has 1 aromatic heterocycles. The van der Waals surface area contributed by atoms with Crippen molar-refractivity contribution in [3.05, 3.63) is 17.5 Å². The van der Waals surface area contributed by atoms with E-state index in [-0.39, 0.29) is 5.97 Å². The normalized spacial score (nSPS) is 13.4. The molecule has 0 saturated heterocycles. The Bertz CT molecular complexity index is 432. The molecule has 2 N–H and O–H groups in total. The maximum Gasteiger partial charge on any atom is 0.325 e. The Balaban J connectivity index is 2.73. The lowest BCUT2D eigenvalue weighted by atomic mass is 10.2. The van der Waals surface area contributed by atoms with Crippen LogP contribution < -0.4 is 5.73 Å². The number of hydrogen-bond acceptors (Lipinski definition) is 4. The van der Waals surface area contributed by atoms with Crippen LogP contribution in [0.15, 0.2) is 6.07 Å². The number of aryl methyl sites for hydroxylation is 2. The zero-order chi connectivity index (χ0) is 14.6. The molecule has 0 aliphatic rings. The third-order valence-electron chi connectivity index (χ3n) is 2.72. The minimum absolute atomic E-state index is 0.359. The minimum atomic E-state index is -0.686. The second-order valence-corrected chi connectivity index (χ2v) is 5.66. The molecule has 0 fully saturated rings. The molecule has 0 aromatic carbocycles. The second-order valence-electron chi connectivity index (χ2n) is 5.66. The molecule has 5 nitrogen and oxygen atoms in total. The van der Waals surface area contributed by atoms with Gasteiger partial charge in [0.15, 0.2) is 0 Å². The van der Waals surface area contributed by atoms with Gasteiger partial charge in [0.25, 0.3) is 0 Å². The molecule has 19 heavy (non-hydrogen) atoms. The van der Waals surface area contributed by atoms with E-state index in [9.17, 15) is 4.79 Å². The van der Waals surface area contributed by atoms with Crippen molar-refractivity contribution in [1.82, 2.24) is 9.78 Å².